The van der Waals surface area contributed by atoms with Gasteiger partial charge < -0.3 is 9.84 Å². The maximum absolute atomic E-state index is 13.9. The Morgan fingerprint density at radius 3 is 2.45 bits per heavy atom. The normalized spacial score (nSPS) is 17.7. The predicted octanol–water partition coefficient (Wildman–Crippen LogP) is 6.72. The summed E-state index contributed by atoms with van der Waals surface area (Å²) in [5, 5.41) is 19.1. The zero-order valence-corrected chi connectivity index (χ0v) is 28.3. The lowest BCUT2D eigenvalue weighted by Crippen LogP contribution is -2.34. The number of benzene rings is 3. The van der Waals surface area contributed by atoms with Crippen LogP contribution in [0.1, 0.15) is 72.6 Å². The van der Waals surface area contributed by atoms with Gasteiger partial charge in [-0.3, -0.25) is 4.79 Å². The summed E-state index contributed by atoms with van der Waals surface area (Å²) in [7, 11) is -2.62. The predicted molar refractivity (Wildman–Crippen MR) is 171 cm³/mol. The number of carbonyl (C=O) groups is 1. The third kappa shape index (κ3) is 6.11. The van der Waals surface area contributed by atoms with Crippen LogP contribution in [0.15, 0.2) is 47.4 Å². The van der Waals surface area contributed by atoms with E-state index in [1.54, 1.807) is 18.5 Å². The number of aliphatic carboxylic acids is 1. The second-order valence-electron chi connectivity index (χ2n) is 13.0. The van der Waals surface area contributed by atoms with E-state index in [4.69, 9.17) is 4.74 Å². The second kappa shape index (κ2) is 12.2. The first-order valence-electron chi connectivity index (χ1n) is 15.4. The maximum atomic E-state index is 13.9. The van der Waals surface area contributed by atoms with Crippen LogP contribution in [0.5, 0.6) is 5.75 Å². The van der Waals surface area contributed by atoms with Crippen molar-refractivity contribution in [3.05, 3.63) is 81.4 Å². The first-order chi connectivity index (χ1) is 21.9. The molecule has 3 aromatic carbocycles. The third-order valence-corrected chi connectivity index (χ3v) is 11.2. The Balaban J connectivity index is 1.63. The standard InChI is InChI=1S/C34H39F3N4O5S/c1-8-41-31-27(46-7)16-26(21(4)30(31)38-39-41)29(33(5,6)32(42)43)22-10-9-20(3)24(14-22)18-40-17-19(2)13-23-15-25(34(35,36)37)11-12-28(23)47(40,44)45/h9-12,14-16,19,29H,8,13,17-18H2,1-7H3,(H,42,43)/t19-,29?/m0/s1. The Labute approximate surface area is 272 Å². The Morgan fingerprint density at radius 2 is 1.83 bits per heavy atom. The first kappa shape index (κ1) is 34.4. The highest BCUT2D eigenvalue weighted by Crippen LogP contribution is 2.46. The van der Waals surface area contributed by atoms with E-state index in [1.165, 1.54) is 11.4 Å². The fraction of sp³-hybridized carbons (Fsp3) is 0.441. The van der Waals surface area contributed by atoms with Crippen LogP contribution in [0.4, 0.5) is 13.2 Å². The molecule has 1 aliphatic rings. The lowest BCUT2D eigenvalue weighted by atomic mass is 9.69. The summed E-state index contributed by atoms with van der Waals surface area (Å²) >= 11 is 0. The number of aryl methyl sites for hydroxylation is 3. The van der Waals surface area contributed by atoms with Crippen LogP contribution in [0.2, 0.25) is 0 Å². The topological polar surface area (TPSA) is 115 Å². The highest BCUT2D eigenvalue weighted by atomic mass is 32.2. The van der Waals surface area contributed by atoms with E-state index in [1.807, 2.05) is 52.0 Å². The van der Waals surface area contributed by atoms with Gasteiger partial charge in [0.1, 0.15) is 16.8 Å². The number of alkyl halides is 3. The van der Waals surface area contributed by atoms with Crippen molar-refractivity contribution in [1.29, 1.82) is 0 Å². The van der Waals surface area contributed by atoms with Crippen molar-refractivity contribution in [3.63, 3.8) is 0 Å². The number of ether oxygens (including phenoxy) is 1. The molecule has 13 heteroatoms. The zero-order valence-electron chi connectivity index (χ0n) is 27.4. The van der Waals surface area contributed by atoms with E-state index >= 15 is 0 Å². The van der Waals surface area contributed by atoms with Crippen LogP contribution in [0.3, 0.4) is 0 Å². The number of hydrogen-bond donors (Lipinski definition) is 1. The lowest BCUT2D eigenvalue weighted by Gasteiger charge is -2.33. The molecule has 0 radical (unpaired) electrons. The van der Waals surface area contributed by atoms with Crippen molar-refractivity contribution < 1.29 is 36.2 Å². The van der Waals surface area contributed by atoms with E-state index in [0.29, 0.717) is 40.0 Å². The number of aromatic nitrogens is 3. The van der Waals surface area contributed by atoms with E-state index in [9.17, 15) is 31.5 Å². The number of carboxylic acid groups (broad SMARTS) is 1. The number of halogens is 3. The molecule has 4 aromatic rings. The van der Waals surface area contributed by atoms with Gasteiger partial charge in [-0.2, -0.15) is 17.5 Å². The first-order valence-corrected chi connectivity index (χ1v) is 16.8. The number of methoxy groups -OCH3 is 1. The van der Waals surface area contributed by atoms with Crippen LogP contribution in [-0.4, -0.2) is 52.4 Å². The van der Waals surface area contributed by atoms with Crippen LogP contribution in [0, 0.1) is 25.2 Å². The minimum absolute atomic E-state index is 0.0425. The number of carboxylic acids is 1. The smallest absolute Gasteiger partial charge is 0.416 e. The zero-order chi connectivity index (χ0) is 34.6. The molecule has 0 aliphatic carbocycles. The van der Waals surface area contributed by atoms with Gasteiger partial charge >= 0.3 is 12.1 Å². The summed E-state index contributed by atoms with van der Waals surface area (Å²) in [6.07, 6.45) is -4.42. The molecule has 2 heterocycles. The van der Waals surface area contributed by atoms with E-state index < -0.39 is 39.1 Å². The number of rotatable bonds is 8. The molecule has 5 rings (SSSR count). The van der Waals surface area contributed by atoms with Gasteiger partial charge in [-0.05, 0) is 105 Å². The fourth-order valence-corrected chi connectivity index (χ4v) is 8.37. The van der Waals surface area contributed by atoms with Gasteiger partial charge in [0, 0.05) is 25.6 Å². The molecule has 0 saturated heterocycles. The highest BCUT2D eigenvalue weighted by Gasteiger charge is 2.41. The van der Waals surface area contributed by atoms with Gasteiger partial charge in [-0.15, -0.1) is 5.10 Å². The minimum atomic E-state index is -4.59. The number of sulfonamides is 1. The molecule has 2 atom stereocenters. The molecule has 252 valence electrons. The van der Waals surface area contributed by atoms with Gasteiger partial charge in [-0.1, -0.05) is 30.3 Å². The molecule has 0 bridgehead atoms. The largest absolute Gasteiger partial charge is 0.494 e. The molecule has 9 nitrogen and oxygen atoms in total. The summed E-state index contributed by atoms with van der Waals surface area (Å²) in [6, 6.07) is 10.1. The SMILES string of the molecule is CCn1nnc2c(C)c(C(c3ccc(C)c(CN4C[C@@H](C)Cc5cc(C(F)(F)F)ccc5S4(=O)=O)c3)C(C)(C)C(=O)O)cc(OC)c21. The van der Waals surface area contributed by atoms with Crippen LogP contribution in [0.25, 0.3) is 11.0 Å². The van der Waals surface area contributed by atoms with E-state index in [0.717, 1.165) is 29.3 Å². The Bertz CT molecular complexity index is 1970. The fourth-order valence-electron chi connectivity index (χ4n) is 6.62. The second-order valence-corrected chi connectivity index (χ2v) is 14.9. The van der Waals surface area contributed by atoms with E-state index in [-0.39, 0.29) is 35.9 Å². The van der Waals surface area contributed by atoms with Crippen LogP contribution < -0.4 is 4.74 Å². The Kier molecular flexibility index (Phi) is 8.95. The van der Waals surface area contributed by atoms with Gasteiger partial charge in [0.05, 0.1) is 23.0 Å². The van der Waals surface area contributed by atoms with Gasteiger partial charge in [0.25, 0.3) is 0 Å². The van der Waals surface area contributed by atoms with Crippen molar-refractivity contribution in [3.8, 4) is 5.75 Å². The Hall–Kier alpha value is -3.97. The molecular weight excluding hydrogens is 633 g/mol. The molecule has 47 heavy (non-hydrogen) atoms. The van der Waals surface area contributed by atoms with Crippen molar-refractivity contribution in [1.82, 2.24) is 19.3 Å². The third-order valence-electron chi connectivity index (χ3n) is 9.29. The van der Waals surface area contributed by atoms with Gasteiger partial charge in [-0.25, -0.2) is 13.1 Å². The average molecular weight is 673 g/mol. The average Bonchev–Trinajstić information content (AvgIpc) is 3.40. The van der Waals surface area contributed by atoms with Crippen molar-refractivity contribution >= 4 is 27.0 Å². The molecule has 0 saturated carbocycles. The molecule has 1 unspecified atom stereocenters. The number of hydrogen-bond acceptors (Lipinski definition) is 6. The summed E-state index contributed by atoms with van der Waals surface area (Å²) in [5.74, 6) is -1.48. The van der Waals surface area contributed by atoms with Crippen molar-refractivity contribution in [2.24, 2.45) is 11.3 Å². The maximum Gasteiger partial charge on any atom is 0.416 e. The number of nitrogens with zero attached hydrogens (tertiary/aromatic N) is 4. The molecule has 1 aromatic heterocycles. The van der Waals surface area contributed by atoms with Gasteiger partial charge in [0.15, 0.2) is 0 Å². The van der Waals surface area contributed by atoms with Crippen molar-refractivity contribution in [2.45, 2.75) is 78.0 Å². The molecule has 0 amide bonds. The summed E-state index contributed by atoms with van der Waals surface area (Å²) in [6.45, 7) is 11.4. The summed E-state index contributed by atoms with van der Waals surface area (Å²) in [4.78, 5) is 12.7. The molecule has 1 N–H and O–H groups in total. The monoisotopic (exact) mass is 672 g/mol. The molecule has 0 fully saturated rings. The molecule has 1 aliphatic heterocycles. The van der Waals surface area contributed by atoms with Crippen LogP contribution >= 0.6 is 0 Å². The van der Waals surface area contributed by atoms with Crippen LogP contribution in [-0.2, 0) is 40.5 Å². The Morgan fingerprint density at radius 1 is 1.13 bits per heavy atom. The summed E-state index contributed by atoms with van der Waals surface area (Å²) < 4.78 is 77.1. The minimum Gasteiger partial charge on any atom is -0.494 e. The number of fused-ring (bicyclic) bond motifs is 2. The van der Waals surface area contributed by atoms with E-state index in [2.05, 4.69) is 10.3 Å². The summed E-state index contributed by atoms with van der Waals surface area (Å²) in [5.41, 5.74) is 2.76. The molecule has 0 spiro atoms. The van der Waals surface area contributed by atoms with Gasteiger partial charge in [0.2, 0.25) is 10.0 Å². The highest BCUT2D eigenvalue weighted by molar-refractivity contribution is 7.89. The lowest BCUT2D eigenvalue weighted by molar-refractivity contribution is -0.147. The van der Waals surface area contributed by atoms with Crippen molar-refractivity contribution in [2.75, 3.05) is 13.7 Å². The quantitative estimate of drug-likeness (QED) is 0.221. The molecular formula is C34H39F3N4O5S.